The third-order valence-electron chi connectivity index (χ3n) is 2.65. The Kier molecular flexibility index (Phi) is 4.85. The number of anilines is 1. The zero-order valence-electron chi connectivity index (χ0n) is 10.9. The average molecular weight is 312 g/mol. The maximum Gasteiger partial charge on any atom is 0.290 e. The molecule has 1 N–H and O–H groups in total. The molecule has 2 aromatic rings. The molecular formula is C14H11F3N2OS. The maximum atomic E-state index is 13.4. The van der Waals surface area contributed by atoms with Gasteiger partial charge in [0.2, 0.25) is 0 Å². The van der Waals surface area contributed by atoms with Crippen LogP contribution in [0, 0.1) is 12.7 Å². The van der Waals surface area contributed by atoms with E-state index in [-0.39, 0.29) is 28.0 Å². The van der Waals surface area contributed by atoms with Gasteiger partial charge >= 0.3 is 0 Å². The molecule has 1 aromatic heterocycles. The fourth-order valence-electron chi connectivity index (χ4n) is 1.61. The van der Waals surface area contributed by atoms with E-state index in [0.29, 0.717) is 5.56 Å². The molecule has 110 valence electrons. The molecule has 1 heterocycles. The lowest BCUT2D eigenvalue weighted by Crippen LogP contribution is -2.14. The van der Waals surface area contributed by atoms with Crippen LogP contribution in [0.1, 0.15) is 15.9 Å². The lowest BCUT2D eigenvalue weighted by atomic mass is 10.2. The van der Waals surface area contributed by atoms with Crippen molar-refractivity contribution in [1.82, 2.24) is 4.98 Å². The van der Waals surface area contributed by atoms with E-state index in [1.54, 1.807) is 6.92 Å². The molecule has 0 unspecified atom stereocenters. The summed E-state index contributed by atoms with van der Waals surface area (Å²) in [6.07, 6.45) is 1.33. The van der Waals surface area contributed by atoms with E-state index in [2.05, 4.69) is 10.3 Å². The van der Waals surface area contributed by atoms with Gasteiger partial charge in [-0.25, -0.2) is 9.37 Å². The normalized spacial score (nSPS) is 10.7. The second kappa shape index (κ2) is 6.62. The first-order valence-corrected chi connectivity index (χ1v) is 6.82. The lowest BCUT2D eigenvalue weighted by Gasteiger charge is -2.09. The number of thioether (sulfide) groups is 1. The first-order chi connectivity index (χ1) is 9.97. The van der Waals surface area contributed by atoms with Crippen LogP contribution in [0.5, 0.6) is 0 Å². The van der Waals surface area contributed by atoms with Crippen LogP contribution >= 0.6 is 11.8 Å². The number of hydrogen-bond donors (Lipinski definition) is 1. The van der Waals surface area contributed by atoms with Gasteiger partial charge in [0.05, 0.1) is 5.56 Å². The molecule has 0 fully saturated rings. The summed E-state index contributed by atoms with van der Waals surface area (Å²) in [5, 5.41) is 2.39. The Labute approximate surface area is 123 Å². The number of aryl methyl sites for hydroxylation is 1. The van der Waals surface area contributed by atoms with Crippen molar-refractivity contribution in [2.24, 2.45) is 0 Å². The Bertz CT molecular complexity index is 664. The zero-order chi connectivity index (χ0) is 15.4. The Balaban J connectivity index is 2.22. The van der Waals surface area contributed by atoms with Crippen molar-refractivity contribution in [2.45, 2.75) is 17.7 Å². The van der Waals surface area contributed by atoms with Crippen LogP contribution in [-0.2, 0) is 0 Å². The van der Waals surface area contributed by atoms with Crippen LogP contribution in [0.25, 0.3) is 0 Å². The minimum atomic E-state index is -2.68. The number of halogens is 3. The molecule has 2 rings (SSSR count). The fraction of sp³-hybridized carbons (Fsp3) is 0.143. The maximum absolute atomic E-state index is 13.4. The molecule has 0 radical (unpaired) electrons. The summed E-state index contributed by atoms with van der Waals surface area (Å²) in [5.41, 5.74) is 0.715. The molecule has 1 amide bonds. The summed E-state index contributed by atoms with van der Waals surface area (Å²) in [7, 11) is 0. The van der Waals surface area contributed by atoms with Crippen molar-refractivity contribution >= 4 is 23.4 Å². The molecule has 0 aliphatic carbocycles. The van der Waals surface area contributed by atoms with Crippen LogP contribution < -0.4 is 5.32 Å². The number of benzene rings is 1. The first kappa shape index (κ1) is 15.4. The molecule has 3 nitrogen and oxygen atoms in total. The van der Waals surface area contributed by atoms with Crippen LogP contribution in [0.3, 0.4) is 0 Å². The van der Waals surface area contributed by atoms with Crippen molar-refractivity contribution in [3.05, 3.63) is 53.5 Å². The molecule has 0 aliphatic heterocycles. The second-order valence-electron chi connectivity index (χ2n) is 4.15. The van der Waals surface area contributed by atoms with E-state index in [1.165, 1.54) is 36.5 Å². The smallest absolute Gasteiger partial charge is 0.290 e. The zero-order valence-corrected chi connectivity index (χ0v) is 11.8. The minimum absolute atomic E-state index is 0.0174. The third-order valence-corrected chi connectivity index (χ3v) is 3.37. The van der Waals surface area contributed by atoms with Crippen molar-refractivity contribution in [2.75, 3.05) is 5.32 Å². The first-order valence-electron chi connectivity index (χ1n) is 5.94. The fourth-order valence-corrected chi connectivity index (χ4v) is 2.19. The molecule has 7 heteroatoms. The van der Waals surface area contributed by atoms with Gasteiger partial charge in [-0.15, -0.1) is 0 Å². The predicted molar refractivity (Wildman–Crippen MR) is 75.2 cm³/mol. The summed E-state index contributed by atoms with van der Waals surface area (Å²) in [5.74, 6) is -3.75. The van der Waals surface area contributed by atoms with E-state index in [9.17, 15) is 18.0 Å². The highest BCUT2D eigenvalue weighted by Crippen LogP contribution is 2.27. The number of carbonyl (C=O) groups excluding carboxylic acids is 1. The van der Waals surface area contributed by atoms with Gasteiger partial charge in [-0.05, 0) is 48.5 Å². The van der Waals surface area contributed by atoms with Crippen molar-refractivity contribution in [1.29, 1.82) is 0 Å². The molecule has 21 heavy (non-hydrogen) atoms. The molecule has 0 bridgehead atoms. The number of alkyl halides is 2. The molecular weight excluding hydrogens is 301 g/mol. The second-order valence-corrected chi connectivity index (χ2v) is 5.13. The SMILES string of the molecule is Cc1ccc(NC(=O)c2cccnc2SC(F)F)cc1F. The number of amides is 1. The number of carbonyl (C=O) groups is 1. The van der Waals surface area contributed by atoms with Crippen LogP contribution in [0.4, 0.5) is 18.9 Å². The Morgan fingerprint density at radius 1 is 1.33 bits per heavy atom. The number of nitrogens with one attached hydrogen (secondary N) is 1. The Morgan fingerprint density at radius 3 is 2.76 bits per heavy atom. The highest BCUT2D eigenvalue weighted by atomic mass is 32.2. The van der Waals surface area contributed by atoms with Crippen LogP contribution in [0.2, 0.25) is 0 Å². The number of hydrogen-bond acceptors (Lipinski definition) is 3. The highest BCUT2D eigenvalue weighted by molar-refractivity contribution is 7.99. The number of rotatable bonds is 4. The molecule has 1 aromatic carbocycles. The third kappa shape index (κ3) is 3.98. The minimum Gasteiger partial charge on any atom is -0.322 e. The Morgan fingerprint density at radius 2 is 2.10 bits per heavy atom. The van der Waals surface area contributed by atoms with E-state index < -0.39 is 17.5 Å². The standard InChI is InChI=1S/C14H11F3N2OS/c1-8-4-5-9(7-11(8)15)19-12(20)10-3-2-6-18-13(10)21-14(16)17/h2-7,14H,1H3,(H,19,20). The van der Waals surface area contributed by atoms with Gasteiger partial charge in [0.15, 0.2) is 0 Å². The average Bonchev–Trinajstić information content (AvgIpc) is 2.43. The quantitative estimate of drug-likeness (QED) is 0.864. The highest BCUT2D eigenvalue weighted by Gasteiger charge is 2.17. The van der Waals surface area contributed by atoms with E-state index in [1.807, 2.05) is 0 Å². The van der Waals surface area contributed by atoms with Crippen molar-refractivity contribution in [3.8, 4) is 0 Å². The van der Waals surface area contributed by atoms with Crippen LogP contribution in [0.15, 0.2) is 41.6 Å². The largest absolute Gasteiger partial charge is 0.322 e. The van der Waals surface area contributed by atoms with Gasteiger partial charge in [0.25, 0.3) is 11.7 Å². The predicted octanol–water partition coefficient (Wildman–Crippen LogP) is 4.10. The monoisotopic (exact) mass is 312 g/mol. The van der Waals surface area contributed by atoms with Gasteiger partial charge in [-0.1, -0.05) is 6.07 Å². The van der Waals surface area contributed by atoms with Gasteiger partial charge in [0, 0.05) is 11.9 Å². The number of nitrogens with zero attached hydrogens (tertiary/aromatic N) is 1. The molecule has 0 saturated carbocycles. The number of aromatic nitrogens is 1. The topological polar surface area (TPSA) is 42.0 Å². The van der Waals surface area contributed by atoms with Crippen LogP contribution in [-0.4, -0.2) is 16.6 Å². The van der Waals surface area contributed by atoms with E-state index in [0.717, 1.165) is 0 Å². The summed E-state index contributed by atoms with van der Waals surface area (Å²) >= 11 is 0.190. The Hall–Kier alpha value is -2.02. The molecule has 0 spiro atoms. The lowest BCUT2D eigenvalue weighted by molar-refractivity contribution is 0.102. The van der Waals surface area contributed by atoms with E-state index in [4.69, 9.17) is 0 Å². The summed E-state index contributed by atoms with van der Waals surface area (Å²) in [6, 6.07) is 7.08. The van der Waals surface area contributed by atoms with Gasteiger partial charge in [-0.2, -0.15) is 8.78 Å². The summed E-state index contributed by atoms with van der Waals surface area (Å²) < 4.78 is 38.3. The summed E-state index contributed by atoms with van der Waals surface area (Å²) in [6.45, 7) is 1.60. The molecule has 0 saturated heterocycles. The van der Waals surface area contributed by atoms with Crippen molar-refractivity contribution < 1.29 is 18.0 Å². The summed E-state index contributed by atoms with van der Waals surface area (Å²) in [4.78, 5) is 15.8. The van der Waals surface area contributed by atoms with Crippen molar-refractivity contribution in [3.63, 3.8) is 0 Å². The molecule has 0 aliphatic rings. The van der Waals surface area contributed by atoms with E-state index >= 15 is 0 Å². The van der Waals surface area contributed by atoms with Gasteiger partial charge < -0.3 is 5.32 Å². The van der Waals surface area contributed by atoms with Gasteiger partial charge in [0.1, 0.15) is 10.8 Å². The molecule has 0 atom stereocenters. The number of pyridine rings is 1. The van der Waals surface area contributed by atoms with Gasteiger partial charge in [-0.3, -0.25) is 4.79 Å².